The number of nitrogens with zero attached hydrogens (tertiary/aromatic N) is 3. The molecule has 0 spiro atoms. The van der Waals surface area contributed by atoms with Crippen molar-refractivity contribution in [2.24, 2.45) is 7.05 Å². The minimum absolute atomic E-state index is 0.0726. The van der Waals surface area contributed by atoms with E-state index in [-0.39, 0.29) is 11.4 Å². The van der Waals surface area contributed by atoms with Gasteiger partial charge in [0.15, 0.2) is 5.52 Å². The minimum atomic E-state index is -1.06. The van der Waals surface area contributed by atoms with Crippen LogP contribution in [0.2, 0.25) is 5.02 Å². The van der Waals surface area contributed by atoms with E-state index in [4.69, 9.17) is 16.3 Å². The predicted molar refractivity (Wildman–Crippen MR) is 77.0 cm³/mol. The molecular weight excluding hydrogens is 294 g/mol. The fourth-order valence-electron chi connectivity index (χ4n) is 2.02. The molecule has 7 heteroatoms. The van der Waals surface area contributed by atoms with Gasteiger partial charge in [0.1, 0.15) is 11.3 Å². The normalized spacial score (nSPS) is 10.8. The largest absolute Gasteiger partial charge is 0.478 e. The van der Waals surface area contributed by atoms with Crippen LogP contribution in [0.4, 0.5) is 0 Å². The van der Waals surface area contributed by atoms with Crippen molar-refractivity contribution in [2.45, 2.75) is 0 Å². The van der Waals surface area contributed by atoms with Crippen molar-refractivity contribution in [3.05, 3.63) is 47.4 Å². The van der Waals surface area contributed by atoms with E-state index in [1.54, 1.807) is 35.9 Å². The van der Waals surface area contributed by atoms with Crippen molar-refractivity contribution < 1.29 is 14.6 Å². The Bertz CT molecular complexity index is 845. The Morgan fingerprint density at radius 2 is 2.19 bits per heavy atom. The number of benzene rings is 1. The molecule has 0 fully saturated rings. The first-order valence-corrected chi connectivity index (χ1v) is 6.41. The van der Waals surface area contributed by atoms with E-state index >= 15 is 0 Å². The summed E-state index contributed by atoms with van der Waals surface area (Å²) in [5.74, 6) is -0.326. The molecule has 1 N–H and O–H groups in total. The van der Waals surface area contributed by atoms with Crippen molar-refractivity contribution in [1.82, 2.24) is 14.5 Å². The van der Waals surface area contributed by atoms with Gasteiger partial charge in [-0.3, -0.25) is 0 Å². The molecule has 106 valence electrons. The van der Waals surface area contributed by atoms with E-state index in [2.05, 4.69) is 9.97 Å². The highest BCUT2D eigenvalue weighted by molar-refractivity contribution is 6.30. The SMILES string of the molecule is Cn1cnc2c(Oc3cccc(Cl)c3)ncc(C(=O)O)c21. The molecular formula is C14H10ClN3O3. The van der Waals surface area contributed by atoms with Crippen molar-refractivity contribution in [3.8, 4) is 11.6 Å². The number of pyridine rings is 1. The van der Waals surface area contributed by atoms with Gasteiger partial charge in [-0.15, -0.1) is 0 Å². The Morgan fingerprint density at radius 3 is 2.90 bits per heavy atom. The summed E-state index contributed by atoms with van der Waals surface area (Å²) >= 11 is 5.90. The van der Waals surface area contributed by atoms with Gasteiger partial charge >= 0.3 is 5.97 Å². The lowest BCUT2D eigenvalue weighted by atomic mass is 10.2. The lowest BCUT2D eigenvalue weighted by molar-refractivity contribution is 0.0698. The number of ether oxygens (including phenoxy) is 1. The average molecular weight is 304 g/mol. The summed E-state index contributed by atoms with van der Waals surface area (Å²) in [7, 11) is 1.71. The van der Waals surface area contributed by atoms with Crippen LogP contribution in [0.5, 0.6) is 11.6 Å². The maximum Gasteiger partial charge on any atom is 0.339 e. The lowest BCUT2D eigenvalue weighted by Gasteiger charge is -2.07. The Kier molecular flexibility index (Phi) is 3.23. The molecule has 0 amide bonds. The molecule has 1 aromatic carbocycles. The number of imidazole rings is 1. The van der Waals surface area contributed by atoms with Crippen LogP contribution < -0.4 is 4.74 Å². The number of fused-ring (bicyclic) bond motifs is 1. The molecule has 0 atom stereocenters. The third kappa shape index (κ3) is 2.41. The summed E-state index contributed by atoms with van der Waals surface area (Å²) in [6, 6.07) is 6.85. The molecule has 6 nitrogen and oxygen atoms in total. The fraction of sp³-hybridized carbons (Fsp3) is 0.0714. The van der Waals surface area contributed by atoms with E-state index in [1.807, 2.05) is 0 Å². The Balaban J connectivity index is 2.12. The molecule has 21 heavy (non-hydrogen) atoms. The number of rotatable bonds is 3. The van der Waals surface area contributed by atoms with Crippen LogP contribution in [0.25, 0.3) is 11.0 Å². The first-order chi connectivity index (χ1) is 10.1. The number of carboxylic acid groups (broad SMARTS) is 1. The van der Waals surface area contributed by atoms with E-state index in [0.29, 0.717) is 21.8 Å². The molecule has 2 aromatic heterocycles. The zero-order valence-electron chi connectivity index (χ0n) is 10.9. The minimum Gasteiger partial charge on any atom is -0.478 e. The van der Waals surface area contributed by atoms with Crippen molar-refractivity contribution in [2.75, 3.05) is 0 Å². The number of hydrogen-bond donors (Lipinski definition) is 1. The number of aryl methyl sites for hydroxylation is 1. The first kappa shape index (κ1) is 13.4. The van der Waals surface area contributed by atoms with Gasteiger partial charge in [-0.25, -0.2) is 14.8 Å². The topological polar surface area (TPSA) is 77.2 Å². The molecule has 0 radical (unpaired) electrons. The maximum absolute atomic E-state index is 11.2. The third-order valence-electron chi connectivity index (χ3n) is 2.95. The van der Waals surface area contributed by atoms with Gasteiger partial charge in [0.25, 0.3) is 0 Å². The van der Waals surface area contributed by atoms with E-state index in [9.17, 15) is 9.90 Å². The molecule has 0 saturated carbocycles. The van der Waals surface area contributed by atoms with E-state index in [1.165, 1.54) is 12.5 Å². The number of aromatic carboxylic acids is 1. The summed E-state index contributed by atoms with van der Waals surface area (Å²) in [4.78, 5) is 19.4. The zero-order chi connectivity index (χ0) is 15.0. The van der Waals surface area contributed by atoms with Gasteiger partial charge in [0.05, 0.1) is 11.8 Å². The van der Waals surface area contributed by atoms with Crippen LogP contribution in [0.3, 0.4) is 0 Å². The summed E-state index contributed by atoms with van der Waals surface area (Å²) < 4.78 is 7.27. The highest BCUT2D eigenvalue weighted by atomic mass is 35.5. The monoisotopic (exact) mass is 303 g/mol. The van der Waals surface area contributed by atoms with Gasteiger partial charge in [-0.1, -0.05) is 17.7 Å². The van der Waals surface area contributed by atoms with Crippen LogP contribution in [-0.4, -0.2) is 25.6 Å². The fourth-order valence-corrected chi connectivity index (χ4v) is 2.20. The molecule has 0 aliphatic carbocycles. The molecule has 2 heterocycles. The molecule has 3 rings (SSSR count). The summed E-state index contributed by atoms with van der Waals surface area (Å²) in [5, 5.41) is 9.74. The molecule has 3 aromatic rings. The number of carbonyl (C=O) groups is 1. The number of carboxylic acids is 1. The summed E-state index contributed by atoms with van der Waals surface area (Å²) in [5.41, 5.74) is 0.912. The van der Waals surface area contributed by atoms with Crippen molar-refractivity contribution in [3.63, 3.8) is 0 Å². The first-order valence-electron chi connectivity index (χ1n) is 6.03. The lowest BCUT2D eigenvalue weighted by Crippen LogP contribution is -2.02. The molecule has 0 saturated heterocycles. The smallest absolute Gasteiger partial charge is 0.339 e. The quantitative estimate of drug-likeness (QED) is 0.804. The molecule has 0 aliphatic rings. The Labute approximate surface area is 124 Å². The van der Waals surface area contributed by atoms with Gasteiger partial charge in [0, 0.05) is 18.3 Å². The predicted octanol–water partition coefficient (Wildman–Crippen LogP) is 3.11. The second-order valence-corrected chi connectivity index (χ2v) is 4.83. The third-order valence-corrected chi connectivity index (χ3v) is 3.18. The number of aromatic nitrogens is 3. The van der Waals surface area contributed by atoms with Crippen LogP contribution in [0.15, 0.2) is 36.8 Å². The molecule has 0 aliphatic heterocycles. The van der Waals surface area contributed by atoms with E-state index in [0.717, 1.165) is 0 Å². The van der Waals surface area contributed by atoms with Crippen LogP contribution in [0.1, 0.15) is 10.4 Å². The molecule has 0 bridgehead atoms. The number of halogens is 1. The van der Waals surface area contributed by atoms with Crippen molar-refractivity contribution >= 4 is 28.6 Å². The van der Waals surface area contributed by atoms with Gasteiger partial charge < -0.3 is 14.4 Å². The summed E-state index contributed by atoms with van der Waals surface area (Å²) in [6.07, 6.45) is 2.77. The van der Waals surface area contributed by atoms with Crippen LogP contribution >= 0.6 is 11.6 Å². The molecule has 0 unspecified atom stereocenters. The highest BCUT2D eigenvalue weighted by Crippen LogP contribution is 2.29. The summed E-state index contributed by atoms with van der Waals surface area (Å²) in [6.45, 7) is 0. The average Bonchev–Trinajstić information content (AvgIpc) is 2.82. The van der Waals surface area contributed by atoms with Gasteiger partial charge in [0.2, 0.25) is 5.88 Å². The second kappa shape index (κ2) is 5.06. The van der Waals surface area contributed by atoms with Crippen LogP contribution in [-0.2, 0) is 7.05 Å². The highest BCUT2D eigenvalue weighted by Gasteiger charge is 2.18. The maximum atomic E-state index is 11.2. The zero-order valence-corrected chi connectivity index (χ0v) is 11.7. The Morgan fingerprint density at radius 1 is 1.38 bits per heavy atom. The van der Waals surface area contributed by atoms with Gasteiger partial charge in [-0.05, 0) is 18.2 Å². The standard InChI is InChI=1S/C14H10ClN3O3/c1-18-7-17-11-12(18)10(14(19)20)6-16-13(11)21-9-4-2-3-8(15)5-9/h2-7H,1H3,(H,19,20). The van der Waals surface area contributed by atoms with Gasteiger partial charge in [-0.2, -0.15) is 0 Å². The number of hydrogen-bond acceptors (Lipinski definition) is 4. The van der Waals surface area contributed by atoms with Crippen LogP contribution in [0, 0.1) is 0 Å². The second-order valence-electron chi connectivity index (χ2n) is 4.39. The van der Waals surface area contributed by atoms with E-state index < -0.39 is 5.97 Å². The van der Waals surface area contributed by atoms with Crippen molar-refractivity contribution in [1.29, 1.82) is 0 Å². The Hall–Kier alpha value is -2.60.